The van der Waals surface area contributed by atoms with Crippen LogP contribution in [0.4, 0.5) is 22.0 Å². The van der Waals surface area contributed by atoms with E-state index in [9.17, 15) is 30.0 Å². The zero-order valence-electron chi connectivity index (χ0n) is 21.6. The highest BCUT2D eigenvalue weighted by Crippen LogP contribution is 2.70. The van der Waals surface area contributed by atoms with Gasteiger partial charge in [0.15, 0.2) is 0 Å². The summed E-state index contributed by atoms with van der Waals surface area (Å²) in [6.07, 6.45) is -10.8. The van der Waals surface area contributed by atoms with E-state index in [0.717, 1.165) is 12.1 Å². The molecule has 6 nitrogen and oxygen atoms in total. The molecule has 0 fully saturated rings. The first-order valence-electron chi connectivity index (χ1n) is 12.0. The summed E-state index contributed by atoms with van der Waals surface area (Å²) in [4.78, 5) is -0.676. The maximum Gasteiger partial charge on any atom is 0.423 e. The molecule has 0 amide bonds. The van der Waals surface area contributed by atoms with E-state index < -0.39 is 53.0 Å². The number of benzene rings is 4. The molecule has 1 atom stereocenters. The van der Waals surface area contributed by atoms with Gasteiger partial charge >= 0.3 is 21.5 Å². The van der Waals surface area contributed by atoms with Gasteiger partial charge in [0.25, 0.3) is 16.2 Å². The van der Waals surface area contributed by atoms with Crippen molar-refractivity contribution in [2.75, 3.05) is 0 Å². The summed E-state index contributed by atoms with van der Waals surface area (Å²) in [5.41, 5.74) is 0.518. The van der Waals surface area contributed by atoms with Crippen molar-refractivity contribution in [1.82, 2.24) is 0 Å². The van der Waals surface area contributed by atoms with Crippen molar-refractivity contribution in [2.24, 2.45) is 0 Å². The van der Waals surface area contributed by atoms with Gasteiger partial charge in [-0.25, -0.2) is 7.81 Å². The van der Waals surface area contributed by atoms with Crippen LogP contribution in [0.1, 0.15) is 5.56 Å². The molecule has 0 radical (unpaired) electrons. The Hall–Kier alpha value is -3.30. The molecule has 42 heavy (non-hydrogen) atoms. The molecule has 0 aliphatic carbocycles. The Kier molecular flexibility index (Phi) is 8.86. The minimum absolute atomic E-state index is 0.0681. The van der Waals surface area contributed by atoms with E-state index in [1.54, 1.807) is 25.1 Å². The third kappa shape index (κ3) is 6.22. The van der Waals surface area contributed by atoms with E-state index in [-0.39, 0.29) is 14.7 Å². The normalized spacial score (nSPS) is 14.3. The lowest BCUT2D eigenvalue weighted by atomic mass is 10.2. The molecule has 0 aromatic heterocycles. The van der Waals surface area contributed by atoms with Crippen molar-refractivity contribution >= 4 is 30.5 Å². The fourth-order valence-corrected chi connectivity index (χ4v) is 10.2. The standard InChI is InChI=1S/C28H23F5O6S3/c1-21-17-19-25(20-18-21)41(34,35)38-26(27(29,30)31)28(32,33)42(36,37)39-40(22-11-5-2-6-12-22,23-13-7-3-8-14-23)24-15-9-4-10-16-24/h2-20,26H,1H3. The Labute approximate surface area is 241 Å². The summed E-state index contributed by atoms with van der Waals surface area (Å²) in [5.74, 6) is 0. The summed E-state index contributed by atoms with van der Waals surface area (Å²) < 4.78 is 135. The first-order valence-corrected chi connectivity index (χ1v) is 16.4. The minimum atomic E-state index is -6.61. The summed E-state index contributed by atoms with van der Waals surface area (Å²) in [6, 6.07) is 26.0. The topological polar surface area (TPSA) is 86.7 Å². The second-order valence-corrected chi connectivity index (χ2v) is 15.0. The van der Waals surface area contributed by atoms with Gasteiger partial charge in [-0.3, -0.25) is 0 Å². The molecule has 4 aromatic carbocycles. The van der Waals surface area contributed by atoms with E-state index in [1.165, 1.54) is 84.9 Å². The lowest BCUT2D eigenvalue weighted by Crippen LogP contribution is -2.52. The molecule has 0 saturated heterocycles. The third-order valence-electron chi connectivity index (χ3n) is 5.89. The Morgan fingerprint density at radius 1 is 0.571 bits per heavy atom. The fraction of sp³-hybridized carbons (Fsp3) is 0.143. The van der Waals surface area contributed by atoms with Crippen molar-refractivity contribution in [1.29, 1.82) is 0 Å². The maximum absolute atomic E-state index is 15.7. The van der Waals surface area contributed by atoms with E-state index >= 15 is 8.78 Å². The molecular formula is C28H23F5O6S3. The number of rotatable bonds is 10. The van der Waals surface area contributed by atoms with Gasteiger partial charge in [-0.15, -0.1) is 0 Å². The Morgan fingerprint density at radius 2 is 0.952 bits per heavy atom. The van der Waals surface area contributed by atoms with Crippen LogP contribution in [0.2, 0.25) is 0 Å². The van der Waals surface area contributed by atoms with Crippen LogP contribution >= 0.6 is 10.3 Å². The van der Waals surface area contributed by atoms with Crippen LogP contribution in [0, 0.1) is 6.92 Å². The molecule has 4 rings (SSSR count). The van der Waals surface area contributed by atoms with Crippen LogP contribution < -0.4 is 0 Å². The summed E-state index contributed by atoms with van der Waals surface area (Å²) in [6.45, 7) is 1.55. The SMILES string of the molecule is Cc1ccc(S(=O)(=O)OC(C(F)(F)F)C(F)(F)S(=O)(=O)OS(c2ccccc2)(c2ccccc2)c2ccccc2)cc1. The molecule has 0 N–H and O–H groups in total. The Balaban J connectivity index is 1.90. The summed E-state index contributed by atoms with van der Waals surface area (Å²) in [7, 11) is -15.8. The molecule has 14 heteroatoms. The van der Waals surface area contributed by atoms with Crippen molar-refractivity contribution in [3.8, 4) is 0 Å². The highest BCUT2D eigenvalue weighted by atomic mass is 32.3. The fourth-order valence-electron chi connectivity index (χ4n) is 3.86. The predicted molar refractivity (Wildman–Crippen MR) is 146 cm³/mol. The maximum atomic E-state index is 15.7. The number of alkyl halides is 5. The van der Waals surface area contributed by atoms with Crippen LogP contribution in [0.25, 0.3) is 0 Å². The molecular weight excluding hydrogens is 623 g/mol. The lowest BCUT2D eigenvalue weighted by molar-refractivity contribution is -0.237. The minimum Gasteiger partial charge on any atom is -0.245 e. The van der Waals surface area contributed by atoms with Crippen molar-refractivity contribution in [3.63, 3.8) is 0 Å². The quantitative estimate of drug-likeness (QED) is 0.131. The third-order valence-corrected chi connectivity index (χ3v) is 12.4. The van der Waals surface area contributed by atoms with Gasteiger partial charge in [0, 0.05) is 14.7 Å². The van der Waals surface area contributed by atoms with Gasteiger partial charge in [-0.2, -0.15) is 38.8 Å². The Bertz CT molecular complexity index is 1620. The van der Waals surface area contributed by atoms with Crippen LogP contribution in [0.5, 0.6) is 0 Å². The van der Waals surface area contributed by atoms with Gasteiger partial charge in [0.1, 0.15) is 0 Å². The molecule has 0 aliphatic rings. The molecule has 1 unspecified atom stereocenters. The molecule has 0 saturated carbocycles. The molecule has 0 bridgehead atoms. The molecule has 0 aliphatic heterocycles. The van der Waals surface area contributed by atoms with Gasteiger partial charge in [0.05, 0.1) is 4.90 Å². The van der Waals surface area contributed by atoms with Crippen molar-refractivity contribution in [2.45, 2.75) is 44.0 Å². The van der Waals surface area contributed by atoms with Crippen molar-refractivity contribution in [3.05, 3.63) is 121 Å². The van der Waals surface area contributed by atoms with E-state index in [2.05, 4.69) is 4.18 Å². The van der Waals surface area contributed by atoms with Gasteiger partial charge < -0.3 is 0 Å². The second-order valence-electron chi connectivity index (χ2n) is 8.86. The largest absolute Gasteiger partial charge is 0.423 e. The number of hydrogen-bond donors (Lipinski definition) is 0. The first kappa shape index (κ1) is 31.6. The van der Waals surface area contributed by atoms with Crippen LogP contribution in [0.15, 0.2) is 135 Å². The van der Waals surface area contributed by atoms with E-state index in [1.807, 2.05) is 0 Å². The molecule has 224 valence electrons. The molecule has 0 heterocycles. The predicted octanol–water partition coefficient (Wildman–Crippen LogP) is 7.47. The van der Waals surface area contributed by atoms with Crippen LogP contribution in [-0.4, -0.2) is 34.4 Å². The number of hydrogen-bond acceptors (Lipinski definition) is 6. The first-order chi connectivity index (χ1) is 19.6. The lowest BCUT2D eigenvalue weighted by Gasteiger charge is -2.40. The molecule has 0 spiro atoms. The highest BCUT2D eigenvalue weighted by molar-refractivity contribution is 8.33. The van der Waals surface area contributed by atoms with Gasteiger partial charge in [-0.05, 0) is 65.8 Å². The van der Waals surface area contributed by atoms with E-state index in [0.29, 0.717) is 5.56 Å². The van der Waals surface area contributed by atoms with Gasteiger partial charge in [0.2, 0.25) is 0 Å². The monoisotopic (exact) mass is 646 g/mol. The van der Waals surface area contributed by atoms with E-state index in [4.69, 9.17) is 3.63 Å². The van der Waals surface area contributed by atoms with Gasteiger partial charge in [-0.1, -0.05) is 72.3 Å². The number of halogens is 5. The highest BCUT2D eigenvalue weighted by Gasteiger charge is 2.68. The van der Waals surface area contributed by atoms with Crippen LogP contribution in [-0.2, 0) is 28.0 Å². The second kappa shape index (κ2) is 11.8. The number of aryl methyl sites for hydroxylation is 1. The summed E-state index contributed by atoms with van der Waals surface area (Å²) in [5, 5.41) is -5.93. The smallest absolute Gasteiger partial charge is 0.245 e. The average Bonchev–Trinajstić information content (AvgIpc) is 2.95. The summed E-state index contributed by atoms with van der Waals surface area (Å²) >= 11 is 0. The van der Waals surface area contributed by atoms with Crippen molar-refractivity contribution < 1.29 is 46.6 Å². The Morgan fingerprint density at radius 3 is 1.31 bits per heavy atom. The average molecular weight is 647 g/mol. The zero-order valence-corrected chi connectivity index (χ0v) is 24.1. The van der Waals surface area contributed by atoms with Crippen LogP contribution in [0.3, 0.4) is 0 Å². The molecule has 4 aromatic rings. The zero-order chi connectivity index (χ0) is 30.8.